The largest absolute Gasteiger partial charge is 0.379 e. The van der Waals surface area contributed by atoms with Crippen LogP contribution < -0.4 is 4.90 Å². The average Bonchev–Trinajstić information content (AvgIpc) is 2.61. The predicted molar refractivity (Wildman–Crippen MR) is 98.4 cm³/mol. The second-order valence-corrected chi connectivity index (χ2v) is 9.00. The van der Waals surface area contributed by atoms with Gasteiger partial charge in [0.25, 0.3) is 0 Å². The molecule has 3 rings (SSSR count). The summed E-state index contributed by atoms with van der Waals surface area (Å²) in [4.78, 5) is 15.2. The van der Waals surface area contributed by atoms with Crippen molar-refractivity contribution in [2.75, 3.05) is 57.1 Å². The average molecular weight is 383 g/mol. The molecular weight excluding hydrogens is 358 g/mol. The van der Waals surface area contributed by atoms with Crippen molar-refractivity contribution < 1.29 is 18.1 Å². The van der Waals surface area contributed by atoms with E-state index in [4.69, 9.17) is 4.74 Å². The van der Waals surface area contributed by atoms with Gasteiger partial charge in [0.2, 0.25) is 0 Å². The number of sulfone groups is 1. The van der Waals surface area contributed by atoms with E-state index in [0.29, 0.717) is 24.7 Å². The van der Waals surface area contributed by atoms with Crippen LogP contribution in [0.4, 0.5) is 11.4 Å². The first-order chi connectivity index (χ1) is 12.4. The van der Waals surface area contributed by atoms with E-state index in [-0.39, 0.29) is 10.6 Å². The van der Waals surface area contributed by atoms with Crippen molar-refractivity contribution in [3.8, 4) is 0 Å². The summed E-state index contributed by atoms with van der Waals surface area (Å²) in [5.41, 5.74) is 0.103. The second kappa shape index (κ2) is 7.89. The van der Waals surface area contributed by atoms with E-state index in [1.165, 1.54) is 6.07 Å². The zero-order valence-electron chi connectivity index (χ0n) is 15.0. The molecule has 0 amide bonds. The highest BCUT2D eigenvalue weighted by Gasteiger charge is 2.31. The van der Waals surface area contributed by atoms with Crippen molar-refractivity contribution in [2.24, 2.45) is 5.92 Å². The number of nitro benzene ring substituents is 1. The molecule has 9 heteroatoms. The standard InChI is InChI=1S/C17H25N3O5S/c1-26(23,24)16-6-2-5-15(17(16)20(21)22)19-7-3-4-14(13-19)12-18-8-10-25-11-9-18/h2,5-6,14H,3-4,7-13H2,1H3. The zero-order chi connectivity index (χ0) is 18.7. The maximum Gasteiger partial charge on any atom is 0.311 e. The maximum absolute atomic E-state index is 12.0. The van der Waals surface area contributed by atoms with Crippen LogP contribution in [0, 0.1) is 16.0 Å². The Morgan fingerprint density at radius 2 is 2.00 bits per heavy atom. The highest BCUT2D eigenvalue weighted by Crippen LogP contribution is 2.36. The number of benzene rings is 1. The van der Waals surface area contributed by atoms with Crippen molar-refractivity contribution in [3.05, 3.63) is 28.3 Å². The molecule has 8 nitrogen and oxygen atoms in total. The summed E-state index contributed by atoms with van der Waals surface area (Å²) in [6.45, 7) is 5.68. The lowest BCUT2D eigenvalue weighted by atomic mass is 9.96. The van der Waals surface area contributed by atoms with Crippen LogP contribution in [0.2, 0.25) is 0 Å². The first-order valence-corrected chi connectivity index (χ1v) is 10.8. The van der Waals surface area contributed by atoms with Crippen LogP contribution in [0.25, 0.3) is 0 Å². The highest BCUT2D eigenvalue weighted by molar-refractivity contribution is 7.90. The van der Waals surface area contributed by atoms with Gasteiger partial charge in [-0.1, -0.05) is 6.07 Å². The van der Waals surface area contributed by atoms with E-state index in [1.807, 2.05) is 4.90 Å². The van der Waals surface area contributed by atoms with Gasteiger partial charge in [0.1, 0.15) is 10.6 Å². The second-order valence-electron chi connectivity index (χ2n) is 7.02. The number of morpholine rings is 1. The Morgan fingerprint density at radius 3 is 2.65 bits per heavy atom. The van der Waals surface area contributed by atoms with E-state index < -0.39 is 14.8 Å². The third-order valence-corrected chi connectivity index (χ3v) is 6.17. The topological polar surface area (TPSA) is 93.0 Å². The highest BCUT2D eigenvalue weighted by atomic mass is 32.2. The molecule has 0 bridgehead atoms. The van der Waals surface area contributed by atoms with Gasteiger partial charge in [0, 0.05) is 39.0 Å². The minimum atomic E-state index is -3.67. The summed E-state index contributed by atoms with van der Waals surface area (Å²) in [6.07, 6.45) is 3.03. The van der Waals surface area contributed by atoms with E-state index in [2.05, 4.69) is 4.90 Å². The molecule has 0 spiro atoms. The van der Waals surface area contributed by atoms with Crippen molar-refractivity contribution in [1.29, 1.82) is 0 Å². The molecule has 2 aliphatic heterocycles. The van der Waals surface area contributed by atoms with Gasteiger partial charge in [-0.3, -0.25) is 15.0 Å². The Bertz CT molecular complexity index is 762. The van der Waals surface area contributed by atoms with Gasteiger partial charge in [-0.15, -0.1) is 0 Å². The number of rotatable bonds is 5. The van der Waals surface area contributed by atoms with Gasteiger partial charge in [-0.2, -0.15) is 0 Å². The molecule has 0 saturated carbocycles. The van der Waals surface area contributed by atoms with Crippen LogP contribution in [0.3, 0.4) is 0 Å². The minimum absolute atomic E-state index is 0.213. The van der Waals surface area contributed by atoms with Crippen LogP contribution in [-0.4, -0.2) is 70.4 Å². The van der Waals surface area contributed by atoms with Gasteiger partial charge in [-0.25, -0.2) is 8.42 Å². The number of piperidine rings is 1. The minimum Gasteiger partial charge on any atom is -0.379 e. The molecule has 2 heterocycles. The van der Waals surface area contributed by atoms with Gasteiger partial charge < -0.3 is 9.64 Å². The lowest BCUT2D eigenvalue weighted by molar-refractivity contribution is -0.387. The Kier molecular flexibility index (Phi) is 5.79. The number of hydrogen-bond acceptors (Lipinski definition) is 7. The van der Waals surface area contributed by atoms with E-state index in [9.17, 15) is 18.5 Å². The van der Waals surface area contributed by atoms with Crippen molar-refractivity contribution in [2.45, 2.75) is 17.7 Å². The summed E-state index contributed by atoms with van der Waals surface area (Å²) in [6, 6.07) is 4.56. The number of ether oxygens (including phenoxy) is 1. The molecule has 144 valence electrons. The summed E-state index contributed by atoms with van der Waals surface area (Å²) in [5.74, 6) is 0.406. The fraction of sp³-hybridized carbons (Fsp3) is 0.647. The van der Waals surface area contributed by atoms with Crippen molar-refractivity contribution >= 4 is 21.2 Å². The number of nitro groups is 1. The maximum atomic E-state index is 12.0. The molecule has 2 aliphatic rings. The molecule has 1 aromatic rings. The van der Waals surface area contributed by atoms with Crippen LogP contribution >= 0.6 is 0 Å². The first kappa shape index (κ1) is 19.1. The zero-order valence-corrected chi connectivity index (χ0v) is 15.8. The number of nitrogens with zero attached hydrogens (tertiary/aromatic N) is 3. The fourth-order valence-electron chi connectivity index (χ4n) is 3.83. The molecule has 2 saturated heterocycles. The number of hydrogen-bond donors (Lipinski definition) is 0. The lowest BCUT2D eigenvalue weighted by Gasteiger charge is -2.37. The third kappa shape index (κ3) is 4.33. The molecule has 1 unspecified atom stereocenters. The van der Waals surface area contributed by atoms with Crippen molar-refractivity contribution in [3.63, 3.8) is 0 Å². The molecule has 1 atom stereocenters. The molecule has 0 aromatic heterocycles. The summed E-state index contributed by atoms with van der Waals surface area (Å²) in [7, 11) is -3.67. The van der Waals surface area contributed by atoms with E-state index in [1.54, 1.807) is 12.1 Å². The van der Waals surface area contributed by atoms with Crippen LogP contribution in [-0.2, 0) is 14.6 Å². The van der Waals surface area contributed by atoms with Gasteiger partial charge >= 0.3 is 5.69 Å². The third-order valence-electron chi connectivity index (χ3n) is 5.04. The summed E-state index contributed by atoms with van der Waals surface area (Å²) < 4.78 is 29.3. The number of para-hydroxylation sites is 1. The smallest absolute Gasteiger partial charge is 0.311 e. The Hall–Kier alpha value is -1.71. The van der Waals surface area contributed by atoms with Crippen molar-refractivity contribution in [1.82, 2.24) is 4.90 Å². The normalized spacial score (nSPS) is 22.3. The van der Waals surface area contributed by atoms with Gasteiger partial charge in [0.05, 0.1) is 18.1 Å². The van der Waals surface area contributed by atoms with Crippen LogP contribution in [0.15, 0.2) is 23.1 Å². The Balaban J connectivity index is 1.82. The quantitative estimate of drug-likeness (QED) is 0.562. The predicted octanol–water partition coefficient (Wildman–Crippen LogP) is 1.55. The molecule has 0 N–H and O–H groups in total. The Labute approximate surface area is 153 Å². The Morgan fingerprint density at radius 1 is 1.27 bits per heavy atom. The molecule has 0 radical (unpaired) electrons. The molecule has 1 aromatic carbocycles. The SMILES string of the molecule is CS(=O)(=O)c1cccc(N2CCCC(CN3CCOCC3)C2)c1[N+](=O)[O-]. The molecular formula is C17H25N3O5S. The molecule has 2 fully saturated rings. The van der Waals surface area contributed by atoms with Gasteiger partial charge in [0.15, 0.2) is 9.84 Å². The monoisotopic (exact) mass is 383 g/mol. The molecule has 26 heavy (non-hydrogen) atoms. The van der Waals surface area contributed by atoms with E-state index in [0.717, 1.165) is 51.9 Å². The number of anilines is 1. The first-order valence-electron chi connectivity index (χ1n) is 8.89. The lowest BCUT2D eigenvalue weighted by Crippen LogP contribution is -2.44. The fourth-order valence-corrected chi connectivity index (χ4v) is 4.69. The van der Waals surface area contributed by atoms with Crippen LogP contribution in [0.5, 0.6) is 0 Å². The van der Waals surface area contributed by atoms with Crippen LogP contribution in [0.1, 0.15) is 12.8 Å². The molecule has 0 aliphatic carbocycles. The summed E-state index contributed by atoms with van der Waals surface area (Å²) >= 11 is 0. The van der Waals surface area contributed by atoms with Gasteiger partial charge in [-0.05, 0) is 30.9 Å². The summed E-state index contributed by atoms with van der Waals surface area (Å²) in [5, 5.41) is 11.6. The van der Waals surface area contributed by atoms with E-state index >= 15 is 0 Å².